The number of aromatic nitrogens is 2. The van der Waals surface area contributed by atoms with Gasteiger partial charge in [0.05, 0.1) is 31.2 Å². The second kappa shape index (κ2) is 12.6. The van der Waals surface area contributed by atoms with Gasteiger partial charge in [0.2, 0.25) is 0 Å². The van der Waals surface area contributed by atoms with Gasteiger partial charge in [-0.2, -0.15) is 4.73 Å². The van der Waals surface area contributed by atoms with Gasteiger partial charge in [-0.3, -0.25) is 9.69 Å². The first kappa shape index (κ1) is 31.6. The molecule has 5 rings (SSSR count). The van der Waals surface area contributed by atoms with Crippen LogP contribution in [0.25, 0.3) is 10.9 Å². The Labute approximate surface area is 265 Å². The number of hydrogen-bond acceptors (Lipinski definition) is 9. The maximum absolute atomic E-state index is 13.4. The van der Waals surface area contributed by atoms with E-state index in [0.29, 0.717) is 39.3 Å². The predicted molar refractivity (Wildman–Crippen MR) is 168 cm³/mol. The summed E-state index contributed by atoms with van der Waals surface area (Å²) in [5.41, 5.74) is 1.66. The lowest BCUT2D eigenvalue weighted by molar-refractivity contribution is -0.144. The Bertz CT molecular complexity index is 1810. The number of amides is 1. The highest BCUT2D eigenvalue weighted by Gasteiger charge is 2.59. The number of benzene rings is 2. The van der Waals surface area contributed by atoms with Gasteiger partial charge in [0.15, 0.2) is 23.8 Å². The molecule has 0 radical (unpaired) electrons. The van der Waals surface area contributed by atoms with Crippen LogP contribution in [0.4, 0.5) is 4.79 Å². The molecule has 2 atom stereocenters. The van der Waals surface area contributed by atoms with Gasteiger partial charge in [0.1, 0.15) is 22.6 Å². The van der Waals surface area contributed by atoms with Crippen LogP contribution in [0.2, 0.25) is 0 Å². The van der Waals surface area contributed by atoms with Crippen LogP contribution in [0.5, 0.6) is 17.2 Å². The van der Waals surface area contributed by atoms with Crippen molar-refractivity contribution >= 4 is 41.5 Å². The van der Waals surface area contributed by atoms with E-state index in [-0.39, 0.29) is 17.8 Å². The molecule has 1 aliphatic rings. The number of ether oxygens (including phenoxy) is 4. The van der Waals surface area contributed by atoms with E-state index in [9.17, 15) is 14.4 Å². The summed E-state index contributed by atoms with van der Waals surface area (Å²) in [4.78, 5) is 46.0. The van der Waals surface area contributed by atoms with Gasteiger partial charge in [-0.15, -0.1) is 0 Å². The molecule has 0 N–H and O–H groups in total. The zero-order chi connectivity index (χ0) is 32.5. The molecule has 2 aromatic heterocycles. The lowest BCUT2D eigenvalue weighted by atomic mass is 10.1. The van der Waals surface area contributed by atoms with Gasteiger partial charge >= 0.3 is 12.1 Å². The minimum atomic E-state index is -0.974. The third-order valence-corrected chi connectivity index (χ3v) is 7.65. The van der Waals surface area contributed by atoms with Crippen molar-refractivity contribution in [3.63, 3.8) is 0 Å². The number of aldehydes is 1. The molecule has 3 heterocycles. The SMILES string of the molecule is COc1c(C)c(OC)c2c(c(C=O)cn2C[C@H]2[C@H](C(=O)On3ccccc3=S)N2C(=O)OC(C)(C)C)c1OCc1ccccc1. The van der Waals surface area contributed by atoms with E-state index in [1.807, 2.05) is 37.3 Å². The third kappa shape index (κ3) is 6.37. The Morgan fingerprint density at radius 3 is 2.29 bits per heavy atom. The number of hydrogen-bond donors (Lipinski definition) is 0. The van der Waals surface area contributed by atoms with E-state index in [4.69, 9.17) is 36.0 Å². The van der Waals surface area contributed by atoms with Crippen molar-refractivity contribution in [1.29, 1.82) is 0 Å². The molecule has 0 spiro atoms. The first-order chi connectivity index (χ1) is 21.5. The molecule has 0 bridgehead atoms. The van der Waals surface area contributed by atoms with Crippen LogP contribution >= 0.6 is 12.2 Å². The summed E-state index contributed by atoms with van der Waals surface area (Å²) in [6, 6.07) is 13.0. The fraction of sp³-hybridized carbons (Fsp3) is 0.333. The molecule has 1 aliphatic heterocycles. The van der Waals surface area contributed by atoms with Crippen LogP contribution < -0.4 is 19.0 Å². The van der Waals surface area contributed by atoms with Crippen LogP contribution in [-0.2, 0) is 22.7 Å². The van der Waals surface area contributed by atoms with Crippen molar-refractivity contribution in [1.82, 2.24) is 14.2 Å². The fourth-order valence-electron chi connectivity index (χ4n) is 5.36. The summed E-state index contributed by atoms with van der Waals surface area (Å²) in [7, 11) is 3.05. The molecule has 236 valence electrons. The number of rotatable bonds is 10. The molecule has 0 saturated carbocycles. The highest BCUT2D eigenvalue weighted by molar-refractivity contribution is 7.71. The third-order valence-electron chi connectivity index (χ3n) is 7.34. The minimum Gasteiger partial charge on any atom is -0.494 e. The molecule has 12 heteroatoms. The standard InChI is InChI=1S/C33H35N3O8S/c1-20-28(40-5)27-25(30(29(20)41-6)42-19-21-12-8-7-9-13-21)22(18-37)16-34(27)17-23-26(36(23)32(39)43-33(2,3)4)31(38)44-35-15-11-10-14-24(35)45/h7-16,18,23,26H,17,19H2,1-6H3/t23-,26+,36?/m0/s1. The van der Waals surface area contributed by atoms with Gasteiger partial charge < -0.3 is 28.4 Å². The molecule has 45 heavy (non-hydrogen) atoms. The average Bonchev–Trinajstić information content (AvgIpc) is 3.61. The molecular weight excluding hydrogens is 598 g/mol. The molecule has 0 unspecified atom stereocenters. The van der Waals surface area contributed by atoms with E-state index in [2.05, 4.69) is 0 Å². The van der Waals surface area contributed by atoms with E-state index >= 15 is 0 Å². The van der Waals surface area contributed by atoms with Crippen LogP contribution in [0.15, 0.2) is 60.9 Å². The van der Waals surface area contributed by atoms with Gasteiger partial charge in [0, 0.05) is 30.1 Å². The van der Waals surface area contributed by atoms with Gasteiger partial charge in [-0.25, -0.2) is 9.59 Å². The van der Waals surface area contributed by atoms with Crippen molar-refractivity contribution in [3.8, 4) is 17.2 Å². The van der Waals surface area contributed by atoms with Gasteiger partial charge in [-0.05, 0) is 45.4 Å². The van der Waals surface area contributed by atoms with Crippen molar-refractivity contribution in [2.45, 2.75) is 58.5 Å². The van der Waals surface area contributed by atoms with E-state index in [1.165, 1.54) is 30.0 Å². The van der Waals surface area contributed by atoms with Crippen LogP contribution in [0.3, 0.4) is 0 Å². The summed E-state index contributed by atoms with van der Waals surface area (Å²) >= 11 is 5.27. The Morgan fingerprint density at radius 1 is 0.978 bits per heavy atom. The zero-order valence-electron chi connectivity index (χ0n) is 25.9. The van der Waals surface area contributed by atoms with E-state index in [1.54, 1.807) is 49.7 Å². The van der Waals surface area contributed by atoms with Crippen molar-refractivity contribution in [2.75, 3.05) is 14.2 Å². The first-order valence-corrected chi connectivity index (χ1v) is 14.7. The molecule has 11 nitrogen and oxygen atoms in total. The highest BCUT2D eigenvalue weighted by atomic mass is 32.1. The number of pyridine rings is 1. The molecule has 1 saturated heterocycles. The molecule has 2 aromatic carbocycles. The van der Waals surface area contributed by atoms with Gasteiger partial charge in [0.25, 0.3) is 0 Å². The highest BCUT2D eigenvalue weighted by Crippen LogP contribution is 2.48. The summed E-state index contributed by atoms with van der Waals surface area (Å²) < 4.78 is 26.8. The number of carbonyl (C=O) groups is 3. The molecule has 1 fully saturated rings. The predicted octanol–water partition coefficient (Wildman–Crippen LogP) is 5.53. The van der Waals surface area contributed by atoms with Crippen LogP contribution in [0, 0.1) is 11.6 Å². The summed E-state index contributed by atoms with van der Waals surface area (Å²) in [5, 5.41) is 0.486. The molecule has 1 amide bonds. The number of carbonyl (C=O) groups excluding carboxylic acids is 3. The average molecular weight is 634 g/mol. The first-order valence-electron chi connectivity index (χ1n) is 14.3. The largest absolute Gasteiger partial charge is 0.494 e. The quantitative estimate of drug-likeness (QED) is 0.126. The van der Waals surface area contributed by atoms with E-state index in [0.717, 1.165) is 11.8 Å². The summed E-state index contributed by atoms with van der Waals surface area (Å²) in [6.45, 7) is 7.41. The van der Waals surface area contributed by atoms with E-state index < -0.39 is 29.7 Å². The number of fused-ring (bicyclic) bond motifs is 1. The van der Waals surface area contributed by atoms with Crippen LogP contribution in [-0.4, -0.2) is 64.5 Å². The number of methoxy groups -OCH3 is 2. The minimum absolute atomic E-state index is 0.115. The second-order valence-corrected chi connectivity index (χ2v) is 12.0. The van der Waals surface area contributed by atoms with Crippen molar-refractivity contribution in [2.24, 2.45) is 0 Å². The van der Waals surface area contributed by atoms with Crippen LogP contribution in [0.1, 0.15) is 42.3 Å². The maximum Gasteiger partial charge on any atom is 0.411 e. The Kier molecular flexibility index (Phi) is 8.87. The topological polar surface area (TPSA) is 110 Å². The van der Waals surface area contributed by atoms with Crippen molar-refractivity contribution in [3.05, 3.63) is 82.3 Å². The molecule has 0 aliphatic carbocycles. The Hall–Kier alpha value is -4.84. The lowest BCUT2D eigenvalue weighted by Crippen LogP contribution is -2.31. The number of nitrogens with zero attached hydrogens (tertiary/aromatic N) is 3. The Morgan fingerprint density at radius 2 is 1.67 bits per heavy atom. The normalized spacial score (nSPS) is 15.8. The summed E-state index contributed by atoms with van der Waals surface area (Å²) in [6.07, 6.45) is 3.22. The monoisotopic (exact) mass is 633 g/mol. The maximum atomic E-state index is 13.4. The van der Waals surface area contributed by atoms with Crippen molar-refractivity contribution < 1.29 is 38.2 Å². The molecular formula is C33H35N3O8S. The summed E-state index contributed by atoms with van der Waals surface area (Å²) in [5.74, 6) is 0.585. The van der Waals surface area contributed by atoms with Gasteiger partial charge in [-0.1, -0.05) is 48.6 Å². The smallest absolute Gasteiger partial charge is 0.411 e. The fourth-order valence-corrected chi connectivity index (χ4v) is 5.54. The lowest BCUT2D eigenvalue weighted by Gasteiger charge is -2.20. The Balaban J connectivity index is 1.56. The second-order valence-electron chi connectivity index (χ2n) is 11.5. The zero-order valence-corrected chi connectivity index (χ0v) is 26.8. The molecule has 4 aromatic rings.